The SMILES string of the molecule is COc1cc(OC)c(CN2C=Nc3ccccc3C2)c(OC)c1. The molecule has 120 valence electrons. The zero-order valence-corrected chi connectivity index (χ0v) is 13.6. The number of benzene rings is 2. The van der Waals surface area contributed by atoms with Gasteiger partial charge in [-0.1, -0.05) is 18.2 Å². The molecule has 0 radical (unpaired) electrons. The predicted octanol–water partition coefficient (Wildman–Crippen LogP) is 3.39. The quantitative estimate of drug-likeness (QED) is 0.849. The van der Waals surface area contributed by atoms with Gasteiger partial charge in [0.2, 0.25) is 0 Å². The van der Waals surface area contributed by atoms with Gasteiger partial charge in [0, 0.05) is 18.7 Å². The summed E-state index contributed by atoms with van der Waals surface area (Å²) in [7, 11) is 4.93. The summed E-state index contributed by atoms with van der Waals surface area (Å²) in [6.45, 7) is 1.45. The first kappa shape index (κ1) is 15.2. The lowest BCUT2D eigenvalue weighted by molar-refractivity contribution is 0.346. The molecule has 2 aromatic rings. The third kappa shape index (κ3) is 3.08. The molecule has 0 aromatic heterocycles. The van der Waals surface area contributed by atoms with E-state index < -0.39 is 0 Å². The number of nitrogens with zero attached hydrogens (tertiary/aromatic N) is 2. The van der Waals surface area contributed by atoms with Crippen molar-refractivity contribution in [2.45, 2.75) is 13.1 Å². The first-order valence-corrected chi connectivity index (χ1v) is 7.40. The minimum absolute atomic E-state index is 0.647. The summed E-state index contributed by atoms with van der Waals surface area (Å²) in [4.78, 5) is 6.64. The topological polar surface area (TPSA) is 43.3 Å². The Kier molecular flexibility index (Phi) is 4.37. The number of ether oxygens (including phenoxy) is 3. The Morgan fingerprint density at radius 1 is 1.00 bits per heavy atom. The van der Waals surface area contributed by atoms with Gasteiger partial charge in [0.15, 0.2) is 0 Å². The molecule has 23 heavy (non-hydrogen) atoms. The molecule has 1 aliphatic heterocycles. The van der Waals surface area contributed by atoms with E-state index in [-0.39, 0.29) is 0 Å². The molecule has 0 bridgehead atoms. The lowest BCUT2D eigenvalue weighted by atomic mass is 10.1. The Bertz CT molecular complexity index is 703. The fourth-order valence-electron chi connectivity index (χ4n) is 2.71. The highest BCUT2D eigenvalue weighted by atomic mass is 16.5. The maximum absolute atomic E-state index is 5.51. The lowest BCUT2D eigenvalue weighted by Crippen LogP contribution is -2.24. The van der Waals surface area contributed by atoms with Crippen LogP contribution >= 0.6 is 0 Å². The molecule has 0 saturated carbocycles. The van der Waals surface area contributed by atoms with Crippen LogP contribution in [0.2, 0.25) is 0 Å². The maximum atomic E-state index is 5.51. The largest absolute Gasteiger partial charge is 0.496 e. The second kappa shape index (κ2) is 6.60. The summed E-state index contributed by atoms with van der Waals surface area (Å²) in [5, 5.41) is 0. The van der Waals surface area contributed by atoms with Gasteiger partial charge in [-0.3, -0.25) is 0 Å². The molecule has 0 spiro atoms. The molecule has 0 N–H and O–H groups in total. The number of fused-ring (bicyclic) bond motifs is 1. The van der Waals surface area contributed by atoms with Gasteiger partial charge in [0.05, 0.1) is 45.5 Å². The van der Waals surface area contributed by atoms with Gasteiger partial charge in [-0.15, -0.1) is 0 Å². The molecule has 0 amide bonds. The number of para-hydroxylation sites is 1. The Morgan fingerprint density at radius 3 is 2.35 bits per heavy atom. The summed E-state index contributed by atoms with van der Waals surface area (Å²) in [5.74, 6) is 2.20. The average molecular weight is 312 g/mol. The predicted molar refractivity (Wildman–Crippen MR) is 89.9 cm³/mol. The highest BCUT2D eigenvalue weighted by Gasteiger charge is 2.18. The molecule has 5 heteroatoms. The molecular formula is C18H20N2O3. The van der Waals surface area contributed by atoms with E-state index in [1.165, 1.54) is 5.56 Å². The van der Waals surface area contributed by atoms with Crippen LogP contribution in [0.3, 0.4) is 0 Å². The summed E-state index contributed by atoms with van der Waals surface area (Å²) >= 11 is 0. The van der Waals surface area contributed by atoms with Gasteiger partial charge >= 0.3 is 0 Å². The Balaban J connectivity index is 1.89. The van der Waals surface area contributed by atoms with Gasteiger partial charge in [0.1, 0.15) is 17.2 Å². The summed E-state index contributed by atoms with van der Waals surface area (Å²) in [5.41, 5.74) is 3.21. The molecule has 0 unspecified atom stereocenters. The third-order valence-corrected chi connectivity index (χ3v) is 3.90. The smallest absolute Gasteiger partial charge is 0.131 e. The minimum Gasteiger partial charge on any atom is -0.496 e. The molecule has 1 aliphatic rings. The summed E-state index contributed by atoms with van der Waals surface area (Å²) in [6, 6.07) is 11.9. The Hall–Kier alpha value is -2.69. The van der Waals surface area contributed by atoms with E-state index in [9.17, 15) is 0 Å². The summed E-state index contributed by atoms with van der Waals surface area (Å²) in [6.07, 6.45) is 1.87. The first-order chi connectivity index (χ1) is 11.2. The molecule has 1 heterocycles. The van der Waals surface area contributed by atoms with Crippen molar-refractivity contribution in [3.8, 4) is 17.2 Å². The van der Waals surface area contributed by atoms with Crippen molar-refractivity contribution in [3.05, 3.63) is 47.5 Å². The monoisotopic (exact) mass is 312 g/mol. The van der Waals surface area contributed by atoms with Crippen LogP contribution in [0.15, 0.2) is 41.4 Å². The van der Waals surface area contributed by atoms with E-state index in [1.807, 2.05) is 36.7 Å². The van der Waals surface area contributed by atoms with Crippen LogP contribution in [-0.4, -0.2) is 32.6 Å². The molecule has 3 rings (SSSR count). The standard InChI is InChI=1S/C18H20N2O3/c1-21-14-8-17(22-2)15(18(9-14)23-3)11-20-10-13-6-4-5-7-16(13)19-12-20/h4-9,12H,10-11H2,1-3H3. The minimum atomic E-state index is 0.647. The first-order valence-electron chi connectivity index (χ1n) is 7.40. The second-order valence-corrected chi connectivity index (χ2v) is 5.29. The third-order valence-electron chi connectivity index (χ3n) is 3.90. The number of aliphatic imine (C=N–C) groups is 1. The van der Waals surface area contributed by atoms with E-state index in [4.69, 9.17) is 14.2 Å². The van der Waals surface area contributed by atoms with Crippen LogP contribution in [0, 0.1) is 0 Å². The van der Waals surface area contributed by atoms with Crippen molar-refractivity contribution in [2.24, 2.45) is 4.99 Å². The van der Waals surface area contributed by atoms with Crippen LogP contribution in [0.4, 0.5) is 5.69 Å². The second-order valence-electron chi connectivity index (χ2n) is 5.29. The van der Waals surface area contributed by atoms with E-state index in [0.717, 1.165) is 29.3 Å². The highest BCUT2D eigenvalue weighted by Crippen LogP contribution is 2.35. The van der Waals surface area contributed by atoms with Gasteiger partial charge < -0.3 is 19.1 Å². The van der Waals surface area contributed by atoms with E-state index >= 15 is 0 Å². The van der Waals surface area contributed by atoms with E-state index in [0.29, 0.717) is 12.3 Å². The van der Waals surface area contributed by atoms with Crippen LogP contribution in [-0.2, 0) is 13.1 Å². The number of methoxy groups -OCH3 is 3. The van der Waals surface area contributed by atoms with Gasteiger partial charge in [-0.05, 0) is 11.6 Å². The fourth-order valence-corrected chi connectivity index (χ4v) is 2.71. The van der Waals surface area contributed by atoms with Gasteiger partial charge in [-0.2, -0.15) is 0 Å². The highest BCUT2D eigenvalue weighted by molar-refractivity contribution is 5.67. The molecule has 0 fully saturated rings. The van der Waals surface area contributed by atoms with Crippen molar-refractivity contribution in [1.82, 2.24) is 4.90 Å². The Labute approximate surface area is 136 Å². The summed E-state index contributed by atoms with van der Waals surface area (Å²) < 4.78 is 16.3. The zero-order chi connectivity index (χ0) is 16.2. The molecule has 0 aliphatic carbocycles. The van der Waals surface area contributed by atoms with Crippen molar-refractivity contribution in [1.29, 1.82) is 0 Å². The van der Waals surface area contributed by atoms with Crippen LogP contribution in [0.1, 0.15) is 11.1 Å². The van der Waals surface area contributed by atoms with E-state index in [1.54, 1.807) is 21.3 Å². The van der Waals surface area contributed by atoms with Crippen molar-refractivity contribution in [2.75, 3.05) is 21.3 Å². The van der Waals surface area contributed by atoms with Crippen molar-refractivity contribution < 1.29 is 14.2 Å². The number of hydrogen-bond acceptors (Lipinski definition) is 5. The molecule has 2 aromatic carbocycles. The fraction of sp³-hybridized carbons (Fsp3) is 0.278. The number of rotatable bonds is 5. The average Bonchev–Trinajstić information content (AvgIpc) is 2.61. The Morgan fingerprint density at radius 2 is 1.70 bits per heavy atom. The van der Waals surface area contributed by atoms with Crippen molar-refractivity contribution in [3.63, 3.8) is 0 Å². The normalized spacial score (nSPS) is 12.7. The zero-order valence-electron chi connectivity index (χ0n) is 13.6. The number of hydrogen-bond donors (Lipinski definition) is 0. The van der Waals surface area contributed by atoms with Crippen LogP contribution in [0.25, 0.3) is 0 Å². The van der Waals surface area contributed by atoms with Gasteiger partial charge in [0.25, 0.3) is 0 Å². The van der Waals surface area contributed by atoms with Crippen molar-refractivity contribution >= 4 is 12.0 Å². The molecule has 0 saturated heterocycles. The maximum Gasteiger partial charge on any atom is 0.131 e. The van der Waals surface area contributed by atoms with Crippen LogP contribution < -0.4 is 14.2 Å². The van der Waals surface area contributed by atoms with Crippen LogP contribution in [0.5, 0.6) is 17.2 Å². The van der Waals surface area contributed by atoms with E-state index in [2.05, 4.69) is 16.0 Å². The van der Waals surface area contributed by atoms with Gasteiger partial charge in [-0.25, -0.2) is 4.99 Å². The lowest BCUT2D eigenvalue weighted by Gasteiger charge is -2.26. The molecule has 5 nitrogen and oxygen atoms in total. The molecule has 0 atom stereocenters. The molecular weight excluding hydrogens is 292 g/mol.